The van der Waals surface area contributed by atoms with Crippen molar-refractivity contribution in [2.24, 2.45) is 29.6 Å². The second kappa shape index (κ2) is 6.66. The summed E-state index contributed by atoms with van der Waals surface area (Å²) in [6.45, 7) is 1.49. The van der Waals surface area contributed by atoms with Crippen molar-refractivity contribution in [3.05, 3.63) is 48.0 Å². The molecule has 1 aliphatic heterocycles. The van der Waals surface area contributed by atoms with Crippen LogP contribution in [0.1, 0.15) is 24.8 Å². The average molecular weight is 338 g/mol. The van der Waals surface area contributed by atoms with Crippen molar-refractivity contribution in [2.75, 3.05) is 13.1 Å². The Hall–Kier alpha value is -2.10. The molecule has 1 aromatic rings. The number of piperidine rings is 1. The maximum absolute atomic E-state index is 13.0. The highest BCUT2D eigenvalue weighted by molar-refractivity contribution is 5.86. The monoisotopic (exact) mass is 338 g/mol. The summed E-state index contributed by atoms with van der Waals surface area (Å²) in [6.07, 6.45) is 7.83. The number of aliphatic carboxylic acids is 1. The van der Waals surface area contributed by atoms with Gasteiger partial charge in [-0.15, -0.1) is 0 Å². The number of likely N-dealkylation sites (tertiary alicyclic amines) is 1. The minimum absolute atomic E-state index is 0.0143. The molecule has 1 saturated carbocycles. The maximum Gasteiger partial charge on any atom is 0.226 e. The first kappa shape index (κ1) is 16.4. The molecule has 132 valence electrons. The smallest absolute Gasteiger partial charge is 0.226 e. The molecule has 4 rings (SSSR count). The summed E-state index contributed by atoms with van der Waals surface area (Å²) in [5.74, 6) is -1.40. The third-order valence-electron chi connectivity index (χ3n) is 6.31. The number of allylic oxidation sites excluding steroid dienone is 2. The fourth-order valence-electron chi connectivity index (χ4n) is 5.00. The Morgan fingerprint density at radius 2 is 1.64 bits per heavy atom. The molecule has 2 bridgehead atoms. The van der Waals surface area contributed by atoms with Crippen LogP contribution in [-0.4, -0.2) is 29.9 Å². The molecule has 0 radical (unpaired) electrons. The molecule has 4 heteroatoms. The molecule has 0 N–H and O–H groups in total. The molecule has 2 fully saturated rings. The van der Waals surface area contributed by atoms with Gasteiger partial charge < -0.3 is 14.8 Å². The first-order valence-corrected chi connectivity index (χ1v) is 9.35. The number of rotatable bonds is 4. The molecule has 4 unspecified atom stereocenters. The van der Waals surface area contributed by atoms with Crippen molar-refractivity contribution in [2.45, 2.75) is 25.7 Å². The zero-order valence-corrected chi connectivity index (χ0v) is 14.3. The van der Waals surface area contributed by atoms with Crippen LogP contribution in [0, 0.1) is 29.6 Å². The lowest BCUT2D eigenvalue weighted by Gasteiger charge is -2.37. The molecular formula is C21H24NO3-. The highest BCUT2D eigenvalue weighted by atomic mass is 16.4. The van der Waals surface area contributed by atoms with E-state index < -0.39 is 17.8 Å². The van der Waals surface area contributed by atoms with Gasteiger partial charge in [-0.2, -0.15) is 0 Å². The molecule has 2 aliphatic carbocycles. The summed E-state index contributed by atoms with van der Waals surface area (Å²) < 4.78 is 0. The summed E-state index contributed by atoms with van der Waals surface area (Å²) in [6, 6.07) is 10.5. The van der Waals surface area contributed by atoms with Gasteiger partial charge >= 0.3 is 0 Å². The van der Waals surface area contributed by atoms with Gasteiger partial charge in [-0.1, -0.05) is 42.5 Å². The Morgan fingerprint density at radius 3 is 2.28 bits per heavy atom. The van der Waals surface area contributed by atoms with Gasteiger partial charge in [0.15, 0.2) is 0 Å². The van der Waals surface area contributed by atoms with Gasteiger partial charge in [-0.3, -0.25) is 4.79 Å². The largest absolute Gasteiger partial charge is 0.550 e. The van der Waals surface area contributed by atoms with Gasteiger partial charge in [0.05, 0.1) is 5.92 Å². The first-order valence-electron chi connectivity index (χ1n) is 9.35. The highest BCUT2D eigenvalue weighted by Gasteiger charge is 2.50. The topological polar surface area (TPSA) is 60.4 Å². The van der Waals surface area contributed by atoms with Crippen LogP contribution in [0.2, 0.25) is 0 Å². The lowest BCUT2D eigenvalue weighted by Crippen LogP contribution is -2.48. The van der Waals surface area contributed by atoms with E-state index in [4.69, 9.17) is 0 Å². The third kappa shape index (κ3) is 3.10. The molecule has 1 heterocycles. The summed E-state index contributed by atoms with van der Waals surface area (Å²) in [7, 11) is 0. The van der Waals surface area contributed by atoms with Crippen molar-refractivity contribution in [1.29, 1.82) is 0 Å². The molecule has 4 atom stereocenters. The fraction of sp³-hybridized carbons (Fsp3) is 0.524. The van der Waals surface area contributed by atoms with E-state index in [0.29, 0.717) is 5.92 Å². The number of carboxylic acid groups (broad SMARTS) is 1. The third-order valence-corrected chi connectivity index (χ3v) is 6.31. The highest BCUT2D eigenvalue weighted by Crippen LogP contribution is 2.48. The standard InChI is InChI=1S/C21H25NO3/c23-20(18-16-6-7-17(13-16)19(18)21(24)25)22-10-8-15(9-11-22)12-14-4-2-1-3-5-14/h1-7,15-19H,8-13H2,(H,24,25)/p-1. The van der Waals surface area contributed by atoms with Crippen LogP contribution >= 0.6 is 0 Å². The van der Waals surface area contributed by atoms with E-state index in [2.05, 4.69) is 24.3 Å². The van der Waals surface area contributed by atoms with E-state index in [1.165, 1.54) is 5.56 Å². The Labute approximate surface area is 148 Å². The van der Waals surface area contributed by atoms with Gasteiger partial charge in [0.25, 0.3) is 0 Å². The van der Waals surface area contributed by atoms with Gasteiger partial charge in [-0.05, 0) is 49.0 Å². The lowest BCUT2D eigenvalue weighted by atomic mass is 9.81. The molecular weight excluding hydrogens is 314 g/mol. The number of hydrogen-bond donors (Lipinski definition) is 0. The van der Waals surface area contributed by atoms with Gasteiger partial charge in [-0.25, -0.2) is 0 Å². The van der Waals surface area contributed by atoms with Crippen LogP contribution in [0.3, 0.4) is 0 Å². The molecule has 25 heavy (non-hydrogen) atoms. The van der Waals surface area contributed by atoms with Crippen LogP contribution in [-0.2, 0) is 16.0 Å². The van der Waals surface area contributed by atoms with E-state index in [1.807, 2.05) is 23.1 Å². The Balaban J connectivity index is 1.37. The van der Waals surface area contributed by atoms with Gasteiger partial charge in [0.1, 0.15) is 0 Å². The Kier molecular flexibility index (Phi) is 4.36. The summed E-state index contributed by atoms with van der Waals surface area (Å²) in [4.78, 5) is 26.4. The van der Waals surface area contributed by atoms with Gasteiger partial charge in [0, 0.05) is 25.0 Å². The minimum Gasteiger partial charge on any atom is -0.550 e. The molecule has 1 saturated heterocycles. The van der Waals surface area contributed by atoms with Crippen molar-refractivity contribution >= 4 is 11.9 Å². The first-order chi connectivity index (χ1) is 12.1. The summed E-state index contributed by atoms with van der Waals surface area (Å²) in [5.41, 5.74) is 1.35. The molecule has 4 nitrogen and oxygen atoms in total. The quantitative estimate of drug-likeness (QED) is 0.785. The minimum atomic E-state index is -1.06. The SMILES string of the molecule is O=C([O-])C1C2C=CC(C2)C1C(=O)N1CCC(Cc2ccccc2)CC1. The number of carbonyl (C=O) groups is 2. The van der Waals surface area contributed by atoms with E-state index in [1.54, 1.807) is 0 Å². The van der Waals surface area contributed by atoms with E-state index in [9.17, 15) is 14.7 Å². The van der Waals surface area contributed by atoms with Crippen LogP contribution in [0.4, 0.5) is 0 Å². The van der Waals surface area contributed by atoms with Crippen molar-refractivity contribution in [3.8, 4) is 0 Å². The number of amides is 1. The zero-order chi connectivity index (χ0) is 17.4. The Bertz CT molecular complexity index is 676. The lowest BCUT2D eigenvalue weighted by molar-refractivity contribution is -0.313. The second-order valence-electron chi connectivity index (χ2n) is 7.78. The second-order valence-corrected chi connectivity index (χ2v) is 7.78. The number of carbonyl (C=O) groups excluding carboxylic acids is 2. The number of benzene rings is 1. The fourth-order valence-corrected chi connectivity index (χ4v) is 5.00. The summed E-state index contributed by atoms with van der Waals surface area (Å²) in [5, 5.41) is 11.5. The van der Waals surface area contributed by atoms with Crippen LogP contribution < -0.4 is 5.11 Å². The predicted octanol–water partition coefficient (Wildman–Crippen LogP) is 1.66. The zero-order valence-electron chi connectivity index (χ0n) is 14.3. The van der Waals surface area contributed by atoms with Crippen LogP contribution in [0.5, 0.6) is 0 Å². The normalized spacial score (nSPS) is 31.4. The van der Waals surface area contributed by atoms with E-state index in [-0.39, 0.29) is 17.7 Å². The number of nitrogens with zero attached hydrogens (tertiary/aromatic N) is 1. The van der Waals surface area contributed by atoms with Gasteiger partial charge in [0.2, 0.25) is 5.91 Å². The molecule has 0 spiro atoms. The molecule has 3 aliphatic rings. The molecule has 1 aromatic carbocycles. The molecule has 0 aromatic heterocycles. The number of hydrogen-bond acceptors (Lipinski definition) is 3. The average Bonchev–Trinajstić information content (AvgIpc) is 3.24. The van der Waals surface area contributed by atoms with Crippen LogP contribution in [0.25, 0.3) is 0 Å². The van der Waals surface area contributed by atoms with Crippen LogP contribution in [0.15, 0.2) is 42.5 Å². The Morgan fingerprint density at radius 1 is 1.00 bits per heavy atom. The predicted molar refractivity (Wildman–Crippen MR) is 92.2 cm³/mol. The van der Waals surface area contributed by atoms with Crippen molar-refractivity contribution < 1.29 is 14.7 Å². The summed E-state index contributed by atoms with van der Waals surface area (Å²) >= 11 is 0. The maximum atomic E-state index is 13.0. The van der Waals surface area contributed by atoms with E-state index in [0.717, 1.165) is 38.8 Å². The van der Waals surface area contributed by atoms with Crippen molar-refractivity contribution in [1.82, 2.24) is 4.90 Å². The van der Waals surface area contributed by atoms with Crippen molar-refractivity contribution in [3.63, 3.8) is 0 Å². The number of carboxylic acids is 1. The van der Waals surface area contributed by atoms with E-state index >= 15 is 0 Å². The number of fused-ring (bicyclic) bond motifs is 2. The molecule has 1 amide bonds.